The van der Waals surface area contributed by atoms with Gasteiger partial charge in [0.15, 0.2) is 0 Å². The zero-order valence-corrected chi connectivity index (χ0v) is 19.2. The molecule has 7 heteroatoms. The first-order valence-electron chi connectivity index (χ1n) is 10.6. The van der Waals surface area contributed by atoms with Crippen LogP contribution < -0.4 is 10.1 Å². The zero-order valence-electron chi connectivity index (χ0n) is 18.3. The van der Waals surface area contributed by atoms with Gasteiger partial charge in [0.25, 0.3) is 0 Å². The number of nitrogens with zero attached hydrogens (tertiary/aromatic N) is 1. The van der Waals surface area contributed by atoms with Gasteiger partial charge in [-0.15, -0.1) is 0 Å². The van der Waals surface area contributed by atoms with E-state index in [1.54, 1.807) is 18.9 Å². The number of benzene rings is 1. The molecule has 2 aromatic rings. The minimum absolute atomic E-state index is 0.00978. The second-order valence-electron chi connectivity index (χ2n) is 7.22. The van der Waals surface area contributed by atoms with Gasteiger partial charge in [-0.05, 0) is 50.3 Å². The summed E-state index contributed by atoms with van der Waals surface area (Å²) in [6.45, 7) is 6.11. The zero-order chi connectivity index (χ0) is 22.1. The first-order valence-corrected chi connectivity index (χ1v) is 11.4. The number of methoxy groups -OCH3 is 1. The third-order valence-corrected chi connectivity index (χ3v) is 6.07. The number of allylic oxidation sites excluding steroid dienone is 2. The second kappa shape index (κ2) is 11.9. The van der Waals surface area contributed by atoms with Crippen molar-refractivity contribution >= 4 is 39.2 Å². The van der Waals surface area contributed by atoms with Gasteiger partial charge in [0, 0.05) is 35.8 Å². The van der Waals surface area contributed by atoms with Crippen LogP contribution in [0.2, 0.25) is 0 Å². The topological polar surface area (TPSA) is 69.7 Å². The van der Waals surface area contributed by atoms with Crippen LogP contribution in [0.4, 0.5) is 5.69 Å². The number of anilines is 1. The van der Waals surface area contributed by atoms with Crippen LogP contribution in [-0.2, 0) is 14.3 Å². The molecule has 1 N–H and O–H groups in total. The quantitative estimate of drug-likeness (QED) is 0.535. The van der Waals surface area contributed by atoms with Crippen LogP contribution in [0.1, 0.15) is 32.4 Å². The van der Waals surface area contributed by atoms with Crippen LogP contribution in [0.5, 0.6) is 5.75 Å². The Kier molecular flexibility index (Phi) is 8.94. The van der Waals surface area contributed by atoms with Gasteiger partial charge in [-0.3, -0.25) is 4.79 Å². The van der Waals surface area contributed by atoms with Gasteiger partial charge >= 0.3 is 0 Å². The molecular weight excluding hydrogens is 412 g/mol. The van der Waals surface area contributed by atoms with Crippen LogP contribution in [0.3, 0.4) is 0 Å². The van der Waals surface area contributed by atoms with E-state index in [0.717, 1.165) is 52.4 Å². The number of amides is 1. The smallest absolute Gasteiger partial charge is 0.229 e. The van der Waals surface area contributed by atoms with E-state index in [9.17, 15) is 4.79 Å². The number of fused-ring (bicyclic) bond motifs is 1. The Morgan fingerprint density at radius 2 is 2.19 bits per heavy atom. The Morgan fingerprint density at radius 3 is 2.90 bits per heavy atom. The molecule has 2 heterocycles. The molecule has 166 valence electrons. The maximum Gasteiger partial charge on any atom is 0.229 e. The lowest BCUT2D eigenvalue weighted by Crippen LogP contribution is -2.30. The molecule has 1 aliphatic rings. The lowest BCUT2D eigenvalue weighted by Gasteiger charge is -2.21. The summed E-state index contributed by atoms with van der Waals surface area (Å²) >= 11 is 1.62. The molecule has 1 unspecified atom stereocenters. The summed E-state index contributed by atoms with van der Waals surface area (Å²) in [5.74, 6) is 0.599. The monoisotopic (exact) mass is 442 g/mol. The average Bonchev–Trinajstić information content (AvgIpc) is 2.80. The Balaban J connectivity index is 1.91. The third kappa shape index (κ3) is 6.32. The van der Waals surface area contributed by atoms with E-state index >= 15 is 0 Å². The molecule has 1 aromatic heterocycles. The molecule has 0 aliphatic carbocycles. The largest absolute Gasteiger partial charge is 0.490 e. The van der Waals surface area contributed by atoms with Crippen LogP contribution >= 0.6 is 11.8 Å². The van der Waals surface area contributed by atoms with Crippen LogP contribution in [-0.4, -0.2) is 44.4 Å². The number of ether oxygens (including phenoxy) is 3. The number of nitrogens with one attached hydrogen (secondary N) is 1. The molecule has 1 amide bonds. The van der Waals surface area contributed by atoms with Crippen LogP contribution in [0, 0.1) is 5.92 Å². The number of hydrogen-bond acceptors (Lipinski definition) is 6. The first-order chi connectivity index (χ1) is 15.2. The molecule has 1 saturated heterocycles. The maximum atomic E-state index is 12.6. The molecule has 1 atom stereocenters. The summed E-state index contributed by atoms with van der Waals surface area (Å²) in [7, 11) is 1.65. The van der Waals surface area contributed by atoms with E-state index < -0.39 is 0 Å². The molecule has 0 spiro atoms. The minimum Gasteiger partial charge on any atom is -0.490 e. The maximum absolute atomic E-state index is 12.6. The van der Waals surface area contributed by atoms with Crippen molar-refractivity contribution in [2.24, 2.45) is 5.92 Å². The van der Waals surface area contributed by atoms with Gasteiger partial charge in [-0.2, -0.15) is 0 Å². The van der Waals surface area contributed by atoms with Gasteiger partial charge in [-0.1, -0.05) is 23.9 Å². The van der Waals surface area contributed by atoms with Crippen LogP contribution in [0.25, 0.3) is 15.8 Å². The molecule has 1 aromatic carbocycles. The van der Waals surface area contributed by atoms with E-state index in [-0.39, 0.29) is 11.8 Å². The minimum atomic E-state index is -0.108. The summed E-state index contributed by atoms with van der Waals surface area (Å²) in [5, 5.41) is 5.90. The molecule has 1 fully saturated rings. The van der Waals surface area contributed by atoms with Gasteiger partial charge in [-0.25, -0.2) is 4.98 Å². The summed E-state index contributed by atoms with van der Waals surface area (Å²) < 4.78 is 16.6. The average molecular weight is 443 g/mol. The Hall–Kier alpha value is -2.35. The lowest BCUT2D eigenvalue weighted by molar-refractivity contribution is -0.123. The van der Waals surface area contributed by atoms with E-state index in [1.807, 2.05) is 55.7 Å². The van der Waals surface area contributed by atoms with E-state index in [4.69, 9.17) is 19.2 Å². The normalized spacial score (nSPS) is 17.3. The number of thioether (sulfide) groups is 1. The highest BCUT2D eigenvalue weighted by Crippen LogP contribution is 2.34. The molecule has 0 saturated carbocycles. The van der Waals surface area contributed by atoms with Crippen molar-refractivity contribution in [3.63, 3.8) is 0 Å². The van der Waals surface area contributed by atoms with Gasteiger partial charge in [0.2, 0.25) is 5.91 Å². The highest BCUT2D eigenvalue weighted by atomic mass is 32.2. The van der Waals surface area contributed by atoms with Crippen molar-refractivity contribution in [2.75, 3.05) is 38.9 Å². The molecular formula is C24H30N2O4S. The van der Waals surface area contributed by atoms with Gasteiger partial charge < -0.3 is 19.5 Å². The SMILES string of the molecule is C/C=C\S/C(=C\C)c1cc(OCCOC)c2cc(NC(=O)C3CCCOC3)ccc2n1. The Morgan fingerprint density at radius 1 is 1.32 bits per heavy atom. The summed E-state index contributed by atoms with van der Waals surface area (Å²) in [6.07, 6.45) is 5.81. The summed E-state index contributed by atoms with van der Waals surface area (Å²) in [5.41, 5.74) is 2.38. The highest BCUT2D eigenvalue weighted by Gasteiger charge is 2.22. The number of pyridine rings is 1. The van der Waals surface area contributed by atoms with Gasteiger partial charge in [0.1, 0.15) is 12.4 Å². The van der Waals surface area contributed by atoms with E-state index in [0.29, 0.717) is 19.8 Å². The molecule has 0 bridgehead atoms. The van der Waals surface area contributed by atoms with Gasteiger partial charge in [0.05, 0.1) is 30.3 Å². The molecule has 6 nitrogen and oxygen atoms in total. The second-order valence-corrected chi connectivity index (χ2v) is 8.17. The predicted molar refractivity (Wildman–Crippen MR) is 127 cm³/mol. The number of carbonyl (C=O) groups is 1. The predicted octanol–water partition coefficient (Wildman–Crippen LogP) is 5.25. The Bertz CT molecular complexity index is 952. The van der Waals surface area contributed by atoms with Crippen molar-refractivity contribution in [3.05, 3.63) is 47.5 Å². The summed E-state index contributed by atoms with van der Waals surface area (Å²) in [6, 6.07) is 7.67. The van der Waals surface area contributed by atoms with E-state index in [2.05, 4.69) is 5.32 Å². The van der Waals surface area contributed by atoms with Crippen molar-refractivity contribution in [3.8, 4) is 5.75 Å². The summed E-state index contributed by atoms with van der Waals surface area (Å²) in [4.78, 5) is 18.5. The van der Waals surface area contributed by atoms with E-state index in [1.165, 1.54) is 0 Å². The third-order valence-electron chi connectivity index (χ3n) is 4.96. The fraction of sp³-hybridized carbons (Fsp3) is 0.417. The fourth-order valence-corrected chi connectivity index (χ4v) is 4.01. The van der Waals surface area contributed by atoms with Crippen molar-refractivity contribution in [1.29, 1.82) is 0 Å². The molecule has 1 aliphatic heterocycles. The molecule has 3 rings (SSSR count). The number of rotatable bonds is 9. The number of aromatic nitrogens is 1. The standard InChI is InChI=1S/C24H30N2O4S/c1-4-13-31-23(5-2)21-15-22(30-12-11-28-3)19-14-18(8-9-20(19)26-21)25-24(27)17-7-6-10-29-16-17/h4-5,8-9,13-15,17H,6-7,10-12,16H2,1-3H3,(H,25,27)/b13-4-,23-5-. The van der Waals surface area contributed by atoms with Crippen LogP contribution in [0.15, 0.2) is 41.8 Å². The number of hydrogen-bond donors (Lipinski definition) is 1. The number of carbonyl (C=O) groups excluding carboxylic acids is 1. The van der Waals surface area contributed by atoms with Crippen molar-refractivity contribution in [2.45, 2.75) is 26.7 Å². The first kappa shape index (κ1) is 23.3. The Labute approximate surface area is 188 Å². The molecule has 0 radical (unpaired) electrons. The highest BCUT2D eigenvalue weighted by molar-refractivity contribution is 8.10. The van der Waals surface area contributed by atoms with Crippen molar-refractivity contribution in [1.82, 2.24) is 4.98 Å². The van der Waals surface area contributed by atoms with Crippen molar-refractivity contribution < 1.29 is 19.0 Å². The fourth-order valence-electron chi connectivity index (χ4n) is 3.36. The lowest BCUT2D eigenvalue weighted by atomic mass is 10.0. The molecule has 31 heavy (non-hydrogen) atoms.